The van der Waals surface area contributed by atoms with Gasteiger partial charge in [-0.2, -0.15) is 0 Å². The standard InChI is InChI=1S/C15H11BrN4O3/c16-10-4-9(7-18-13(21)8-2-1-3-17-6-8)12-11(5-10)19-14(22)15(23)20-12/h1-6H,7H2,(H,18,21)(H,19,22)(H,20,23). The number of carbonyl (C=O) groups is 1. The van der Waals surface area contributed by atoms with Crippen molar-refractivity contribution in [2.45, 2.75) is 6.54 Å². The number of benzene rings is 1. The molecule has 2 heterocycles. The highest BCUT2D eigenvalue weighted by Crippen LogP contribution is 2.20. The summed E-state index contributed by atoms with van der Waals surface area (Å²) in [6.45, 7) is 0.186. The number of nitrogens with one attached hydrogen (secondary N) is 3. The molecule has 1 amide bonds. The fourth-order valence-corrected chi connectivity index (χ4v) is 2.68. The zero-order valence-corrected chi connectivity index (χ0v) is 13.3. The SMILES string of the molecule is O=C(NCc1cc(Br)cc2[nH]c(=O)c(=O)[nH]c12)c1cccnc1. The van der Waals surface area contributed by atoms with E-state index in [0.717, 1.165) is 4.47 Å². The lowest BCUT2D eigenvalue weighted by Gasteiger charge is -2.09. The van der Waals surface area contributed by atoms with Gasteiger partial charge in [0.1, 0.15) is 0 Å². The summed E-state index contributed by atoms with van der Waals surface area (Å²) >= 11 is 3.34. The molecule has 3 rings (SSSR count). The van der Waals surface area contributed by atoms with Crippen LogP contribution in [0.15, 0.2) is 50.7 Å². The first-order valence-corrected chi connectivity index (χ1v) is 7.47. The number of hydrogen-bond acceptors (Lipinski definition) is 4. The van der Waals surface area contributed by atoms with Crippen LogP contribution in [0.2, 0.25) is 0 Å². The lowest BCUT2D eigenvalue weighted by Crippen LogP contribution is -2.30. The third kappa shape index (κ3) is 3.21. The van der Waals surface area contributed by atoms with E-state index in [1.807, 2.05) is 0 Å². The number of carbonyl (C=O) groups excluding carboxylic acids is 1. The molecule has 0 spiro atoms. The largest absolute Gasteiger partial charge is 0.348 e. The first kappa shape index (κ1) is 15.2. The third-order valence-electron chi connectivity index (χ3n) is 3.24. The molecule has 3 aromatic rings. The number of halogens is 1. The molecular weight excluding hydrogens is 364 g/mol. The van der Waals surface area contributed by atoms with E-state index in [4.69, 9.17) is 0 Å². The minimum absolute atomic E-state index is 0.186. The molecule has 0 atom stereocenters. The Balaban J connectivity index is 1.94. The van der Waals surface area contributed by atoms with E-state index < -0.39 is 11.1 Å². The van der Waals surface area contributed by atoms with Gasteiger partial charge < -0.3 is 15.3 Å². The fourth-order valence-electron chi connectivity index (χ4n) is 2.17. The average Bonchev–Trinajstić information content (AvgIpc) is 2.55. The van der Waals surface area contributed by atoms with Crippen molar-refractivity contribution in [3.8, 4) is 0 Å². The van der Waals surface area contributed by atoms with Crippen molar-refractivity contribution in [1.82, 2.24) is 20.3 Å². The topological polar surface area (TPSA) is 108 Å². The molecule has 1 aromatic carbocycles. The molecule has 3 N–H and O–H groups in total. The normalized spacial score (nSPS) is 10.7. The van der Waals surface area contributed by atoms with E-state index in [-0.39, 0.29) is 12.5 Å². The Kier molecular flexibility index (Phi) is 4.07. The van der Waals surface area contributed by atoms with E-state index >= 15 is 0 Å². The Morgan fingerprint density at radius 1 is 1.22 bits per heavy atom. The summed E-state index contributed by atoms with van der Waals surface area (Å²) in [5.41, 5.74) is 0.605. The van der Waals surface area contributed by atoms with Crippen LogP contribution in [0.5, 0.6) is 0 Å². The van der Waals surface area contributed by atoms with Crippen LogP contribution in [0, 0.1) is 0 Å². The van der Waals surface area contributed by atoms with E-state index in [0.29, 0.717) is 22.2 Å². The molecule has 0 radical (unpaired) electrons. The summed E-state index contributed by atoms with van der Waals surface area (Å²) in [7, 11) is 0. The van der Waals surface area contributed by atoms with Crippen molar-refractivity contribution in [1.29, 1.82) is 0 Å². The molecule has 0 aliphatic heterocycles. The highest BCUT2D eigenvalue weighted by Gasteiger charge is 2.09. The summed E-state index contributed by atoms with van der Waals surface area (Å²) in [6, 6.07) is 6.77. The average molecular weight is 375 g/mol. The van der Waals surface area contributed by atoms with Crippen LogP contribution in [0.3, 0.4) is 0 Å². The molecule has 0 fully saturated rings. The smallest absolute Gasteiger partial charge is 0.314 e. The third-order valence-corrected chi connectivity index (χ3v) is 3.70. The van der Waals surface area contributed by atoms with Gasteiger partial charge >= 0.3 is 11.1 Å². The van der Waals surface area contributed by atoms with Crippen LogP contribution in [-0.4, -0.2) is 20.9 Å². The number of fused-ring (bicyclic) bond motifs is 1. The zero-order valence-electron chi connectivity index (χ0n) is 11.7. The Labute approximate surface area is 137 Å². The fraction of sp³-hybridized carbons (Fsp3) is 0.0667. The number of hydrogen-bond donors (Lipinski definition) is 3. The van der Waals surface area contributed by atoms with Crippen LogP contribution in [-0.2, 0) is 6.54 Å². The van der Waals surface area contributed by atoms with Crippen LogP contribution in [0.1, 0.15) is 15.9 Å². The number of rotatable bonds is 3. The molecule has 0 aliphatic rings. The van der Waals surface area contributed by atoms with Gasteiger partial charge in [0.15, 0.2) is 0 Å². The first-order chi connectivity index (χ1) is 11.0. The van der Waals surface area contributed by atoms with Crippen molar-refractivity contribution in [3.05, 3.63) is 73.0 Å². The van der Waals surface area contributed by atoms with Gasteiger partial charge in [0.05, 0.1) is 16.6 Å². The van der Waals surface area contributed by atoms with Gasteiger partial charge in [-0.05, 0) is 29.8 Å². The van der Waals surface area contributed by atoms with Gasteiger partial charge in [-0.15, -0.1) is 0 Å². The second kappa shape index (κ2) is 6.17. The summed E-state index contributed by atoms with van der Waals surface area (Å²) in [4.78, 5) is 43.9. The van der Waals surface area contributed by atoms with Gasteiger partial charge in [0.25, 0.3) is 5.91 Å². The number of amides is 1. The minimum atomic E-state index is -0.736. The van der Waals surface area contributed by atoms with Gasteiger partial charge in [0, 0.05) is 23.4 Å². The first-order valence-electron chi connectivity index (χ1n) is 6.67. The summed E-state index contributed by atoms with van der Waals surface area (Å²) in [5.74, 6) is -0.280. The van der Waals surface area contributed by atoms with Crippen LogP contribution in [0.4, 0.5) is 0 Å². The minimum Gasteiger partial charge on any atom is -0.348 e. The Morgan fingerprint density at radius 2 is 2.00 bits per heavy atom. The molecule has 0 aliphatic carbocycles. The molecule has 0 saturated heterocycles. The molecule has 116 valence electrons. The second-order valence-electron chi connectivity index (χ2n) is 4.82. The van der Waals surface area contributed by atoms with E-state index in [2.05, 4.69) is 36.2 Å². The van der Waals surface area contributed by atoms with E-state index in [1.165, 1.54) is 6.20 Å². The highest BCUT2D eigenvalue weighted by atomic mass is 79.9. The maximum atomic E-state index is 12.1. The van der Waals surface area contributed by atoms with Crippen LogP contribution >= 0.6 is 15.9 Å². The van der Waals surface area contributed by atoms with Crippen molar-refractivity contribution in [3.63, 3.8) is 0 Å². The Morgan fingerprint density at radius 3 is 2.74 bits per heavy atom. The molecule has 0 unspecified atom stereocenters. The zero-order chi connectivity index (χ0) is 16.4. The second-order valence-corrected chi connectivity index (χ2v) is 5.74. The van der Waals surface area contributed by atoms with Gasteiger partial charge in [-0.3, -0.25) is 19.4 Å². The molecule has 8 heteroatoms. The highest BCUT2D eigenvalue weighted by molar-refractivity contribution is 9.10. The summed E-state index contributed by atoms with van der Waals surface area (Å²) < 4.78 is 0.721. The molecule has 0 saturated carbocycles. The predicted octanol–water partition coefficient (Wildman–Crippen LogP) is 1.30. The molecule has 0 bridgehead atoms. The maximum absolute atomic E-state index is 12.1. The monoisotopic (exact) mass is 374 g/mol. The Hall–Kier alpha value is -2.74. The number of H-pyrrole nitrogens is 2. The number of pyridine rings is 1. The van der Waals surface area contributed by atoms with Crippen LogP contribution in [0.25, 0.3) is 11.0 Å². The summed E-state index contributed by atoms with van der Waals surface area (Å²) in [6.07, 6.45) is 3.05. The Bertz CT molecular complexity index is 995. The number of aromatic amines is 2. The van der Waals surface area contributed by atoms with Crippen molar-refractivity contribution in [2.24, 2.45) is 0 Å². The van der Waals surface area contributed by atoms with E-state index in [9.17, 15) is 14.4 Å². The molecule has 23 heavy (non-hydrogen) atoms. The van der Waals surface area contributed by atoms with Crippen molar-refractivity contribution >= 4 is 32.9 Å². The maximum Gasteiger partial charge on any atom is 0.314 e. The number of aromatic nitrogens is 3. The van der Waals surface area contributed by atoms with Crippen molar-refractivity contribution < 1.29 is 4.79 Å². The van der Waals surface area contributed by atoms with Gasteiger partial charge in [-0.1, -0.05) is 15.9 Å². The van der Waals surface area contributed by atoms with Crippen LogP contribution < -0.4 is 16.4 Å². The molecule has 2 aromatic heterocycles. The molecule has 7 nitrogen and oxygen atoms in total. The van der Waals surface area contributed by atoms with Crippen molar-refractivity contribution in [2.75, 3.05) is 0 Å². The van der Waals surface area contributed by atoms with E-state index in [1.54, 1.807) is 30.5 Å². The summed E-state index contributed by atoms with van der Waals surface area (Å²) in [5, 5.41) is 2.75. The predicted molar refractivity (Wildman–Crippen MR) is 88.3 cm³/mol. The lowest BCUT2D eigenvalue weighted by molar-refractivity contribution is 0.0950. The van der Waals surface area contributed by atoms with Gasteiger partial charge in [-0.25, -0.2) is 0 Å². The number of nitrogens with zero attached hydrogens (tertiary/aromatic N) is 1. The molecular formula is C15H11BrN4O3. The quantitative estimate of drug-likeness (QED) is 0.600. The lowest BCUT2D eigenvalue weighted by atomic mass is 10.1. The van der Waals surface area contributed by atoms with Gasteiger partial charge in [0.2, 0.25) is 0 Å².